The first kappa shape index (κ1) is 49.4. The minimum absolute atomic E-state index is 0.0257. The number of nitrogens with zero attached hydrogens (tertiary/aromatic N) is 1. The van der Waals surface area contributed by atoms with E-state index in [1.165, 1.54) is 29.8 Å². The van der Waals surface area contributed by atoms with Crippen LogP contribution in [0.2, 0.25) is 20.1 Å². The zero-order valence-electron chi connectivity index (χ0n) is 34.5. The summed E-state index contributed by atoms with van der Waals surface area (Å²) in [4.78, 5) is 49.2. The third-order valence-corrected chi connectivity index (χ3v) is 12.8. The SMILES string of the molecule is COC(=O)[C@H](Cc1ccc(OC2CCNCC2)cc1)NC(=O)c1c(Cl)cccc1Cl.CS(=O)(=O)N1CCC(Oc2ccc(C[C@H](NC(=O)c3c(Cl)cccc3Cl)C(=O)O)cc2)CC1. The Kier molecular flexibility index (Phi) is 18.3. The maximum Gasteiger partial charge on any atom is 0.328 e. The molecule has 4 N–H and O–H groups in total. The molecule has 0 aromatic heterocycles. The molecule has 2 amide bonds. The number of esters is 1. The van der Waals surface area contributed by atoms with Gasteiger partial charge in [0.05, 0.1) is 44.6 Å². The molecule has 2 aliphatic rings. The van der Waals surface area contributed by atoms with E-state index in [2.05, 4.69) is 16.0 Å². The first-order chi connectivity index (χ1) is 30.0. The molecule has 14 nitrogen and oxygen atoms in total. The van der Waals surface area contributed by atoms with Crippen LogP contribution in [0.3, 0.4) is 0 Å². The Bertz CT molecular complexity index is 2280. The van der Waals surface area contributed by atoms with Gasteiger partial charge in [-0.25, -0.2) is 22.3 Å². The van der Waals surface area contributed by atoms with E-state index in [1.54, 1.807) is 48.5 Å². The first-order valence-electron chi connectivity index (χ1n) is 20.0. The van der Waals surface area contributed by atoms with Crippen LogP contribution in [0.5, 0.6) is 11.5 Å². The van der Waals surface area contributed by atoms with Gasteiger partial charge in [-0.3, -0.25) is 9.59 Å². The summed E-state index contributed by atoms with van der Waals surface area (Å²) in [5.41, 5.74) is 1.69. The topological polar surface area (TPSA) is 190 Å². The highest BCUT2D eigenvalue weighted by Crippen LogP contribution is 2.27. The van der Waals surface area contributed by atoms with E-state index in [0.29, 0.717) is 37.2 Å². The van der Waals surface area contributed by atoms with E-state index in [1.807, 2.05) is 24.3 Å². The Morgan fingerprint density at radius 2 is 1.08 bits per heavy atom. The predicted octanol–water partition coefficient (Wildman–Crippen LogP) is 6.86. The number of sulfonamides is 1. The summed E-state index contributed by atoms with van der Waals surface area (Å²) in [5, 5.41) is 18.7. The van der Waals surface area contributed by atoms with Crippen LogP contribution in [0.4, 0.5) is 0 Å². The average Bonchev–Trinajstić information content (AvgIpc) is 3.24. The van der Waals surface area contributed by atoms with Gasteiger partial charge in [0.15, 0.2) is 0 Å². The lowest BCUT2D eigenvalue weighted by Gasteiger charge is -2.30. The lowest BCUT2D eigenvalue weighted by molar-refractivity contribution is -0.143. The van der Waals surface area contributed by atoms with Gasteiger partial charge in [0.1, 0.15) is 35.8 Å². The van der Waals surface area contributed by atoms with Crippen molar-refractivity contribution in [1.82, 2.24) is 20.3 Å². The number of hydrogen-bond donors (Lipinski definition) is 4. The second-order valence-electron chi connectivity index (χ2n) is 14.8. The molecule has 0 unspecified atom stereocenters. The van der Waals surface area contributed by atoms with E-state index in [4.69, 9.17) is 60.6 Å². The third-order valence-electron chi connectivity index (χ3n) is 10.3. The largest absolute Gasteiger partial charge is 0.490 e. The molecular weight excluding hydrogens is 918 g/mol. The van der Waals surface area contributed by atoms with Gasteiger partial charge < -0.3 is 35.3 Å². The highest BCUT2D eigenvalue weighted by Gasteiger charge is 2.28. The summed E-state index contributed by atoms with van der Waals surface area (Å²) >= 11 is 24.3. The lowest BCUT2D eigenvalue weighted by Crippen LogP contribution is -2.43. The summed E-state index contributed by atoms with van der Waals surface area (Å²) < 4.78 is 41.4. The number of rotatable bonds is 15. The fourth-order valence-electron chi connectivity index (χ4n) is 6.89. The number of piperidine rings is 2. The number of hydrogen-bond acceptors (Lipinski definition) is 10. The molecule has 2 heterocycles. The Morgan fingerprint density at radius 3 is 1.48 bits per heavy atom. The number of benzene rings is 4. The number of aliphatic carboxylic acids is 1. The molecule has 4 aromatic carbocycles. The summed E-state index contributed by atoms with van der Waals surface area (Å²) in [6.07, 6.45) is 4.75. The van der Waals surface area contributed by atoms with Gasteiger partial charge in [-0.05, 0) is 98.4 Å². The highest BCUT2D eigenvalue weighted by molar-refractivity contribution is 7.88. The number of carbonyl (C=O) groups is 4. The molecule has 0 saturated carbocycles. The van der Waals surface area contributed by atoms with Gasteiger partial charge in [-0.1, -0.05) is 82.8 Å². The van der Waals surface area contributed by atoms with Crippen LogP contribution in [0.15, 0.2) is 84.9 Å². The van der Waals surface area contributed by atoms with Gasteiger partial charge in [-0.15, -0.1) is 0 Å². The van der Waals surface area contributed by atoms with Crippen LogP contribution in [0, 0.1) is 0 Å². The quantitative estimate of drug-likeness (QED) is 0.0912. The van der Waals surface area contributed by atoms with Crippen molar-refractivity contribution in [3.63, 3.8) is 0 Å². The molecule has 4 aromatic rings. The highest BCUT2D eigenvalue weighted by atomic mass is 35.5. The number of carboxylic acids is 1. The van der Waals surface area contributed by atoms with Crippen LogP contribution in [-0.4, -0.2) is 105 Å². The van der Waals surface area contributed by atoms with E-state index < -0.39 is 45.9 Å². The Balaban J connectivity index is 0.000000239. The monoisotopic (exact) mass is 964 g/mol. The number of carbonyl (C=O) groups excluding carboxylic acids is 3. The fourth-order valence-corrected chi connectivity index (χ4v) is 8.90. The van der Waals surface area contributed by atoms with Crippen molar-refractivity contribution < 1.29 is 46.9 Å². The normalized spacial score (nSPS) is 15.8. The number of amides is 2. The van der Waals surface area contributed by atoms with Crippen LogP contribution < -0.4 is 25.4 Å². The predicted molar refractivity (Wildman–Crippen MR) is 242 cm³/mol. The molecule has 19 heteroatoms. The molecule has 6 rings (SSSR count). The molecule has 2 saturated heterocycles. The van der Waals surface area contributed by atoms with Gasteiger partial charge >= 0.3 is 11.9 Å². The molecule has 63 heavy (non-hydrogen) atoms. The second-order valence-corrected chi connectivity index (χ2v) is 18.5. The van der Waals surface area contributed by atoms with E-state index in [9.17, 15) is 32.7 Å². The van der Waals surface area contributed by atoms with Crippen LogP contribution in [-0.2, 0) is 37.2 Å². The van der Waals surface area contributed by atoms with Crippen LogP contribution in [0.25, 0.3) is 0 Å². The van der Waals surface area contributed by atoms with Crippen molar-refractivity contribution in [3.8, 4) is 11.5 Å². The molecular formula is C44H48Cl4N4O10S. The van der Waals surface area contributed by atoms with E-state index in [-0.39, 0.29) is 56.3 Å². The molecule has 338 valence electrons. The lowest BCUT2D eigenvalue weighted by atomic mass is 10.0. The Hall–Kier alpha value is -4.61. The standard InChI is InChI=1S/C22H24Cl2N2O6S.C22H24Cl2N2O4/c1-33(30,31)26-11-9-16(10-12-26)32-15-7-5-14(6-8-15)13-19(22(28)29)25-21(27)20-17(23)3-2-4-18(20)24;1-29-22(28)19(26-21(27)20-17(23)3-2-4-18(20)24)13-14-5-7-15(8-6-14)30-16-9-11-25-12-10-16/h2-8,16,19H,9-13H2,1H3,(H,25,27)(H,28,29);2-8,16,19,25H,9-13H2,1H3,(H,26,27)/t2*19-/m00/s1. The van der Waals surface area contributed by atoms with E-state index >= 15 is 0 Å². The van der Waals surface area contributed by atoms with Crippen molar-refractivity contribution >= 4 is 80.2 Å². The average molecular weight is 967 g/mol. The molecule has 2 fully saturated rings. The molecule has 0 radical (unpaired) electrons. The third kappa shape index (κ3) is 14.7. The zero-order valence-corrected chi connectivity index (χ0v) is 38.3. The van der Waals surface area contributed by atoms with Gasteiger partial charge in [0, 0.05) is 25.9 Å². The van der Waals surface area contributed by atoms with E-state index in [0.717, 1.165) is 37.2 Å². The second kappa shape index (κ2) is 23.4. The number of methoxy groups -OCH3 is 1. The number of nitrogens with one attached hydrogen (secondary N) is 3. The number of carboxylic acid groups (broad SMARTS) is 1. The fraction of sp³-hybridized carbons (Fsp3) is 0.364. The van der Waals surface area contributed by atoms with Gasteiger partial charge in [-0.2, -0.15) is 0 Å². The molecule has 0 bridgehead atoms. The molecule has 0 spiro atoms. The van der Waals surface area contributed by atoms with Crippen molar-refractivity contribution in [1.29, 1.82) is 0 Å². The zero-order chi connectivity index (χ0) is 45.7. The molecule has 2 atom stereocenters. The number of ether oxygens (including phenoxy) is 3. The molecule has 2 aliphatic heterocycles. The summed E-state index contributed by atoms with van der Waals surface area (Å²) in [7, 11) is -1.91. The summed E-state index contributed by atoms with van der Waals surface area (Å²) in [5.74, 6) is -1.56. The minimum Gasteiger partial charge on any atom is -0.490 e. The maximum atomic E-state index is 12.7. The van der Waals surface area contributed by atoms with Gasteiger partial charge in [0.25, 0.3) is 11.8 Å². The van der Waals surface area contributed by atoms with Crippen LogP contribution in [0.1, 0.15) is 57.5 Å². The van der Waals surface area contributed by atoms with Crippen molar-refractivity contribution in [2.75, 3.05) is 39.5 Å². The summed E-state index contributed by atoms with van der Waals surface area (Å²) in [6.45, 7) is 2.74. The van der Waals surface area contributed by atoms with Crippen molar-refractivity contribution in [3.05, 3.63) is 127 Å². The van der Waals surface area contributed by atoms with Crippen LogP contribution >= 0.6 is 46.4 Å². The first-order valence-corrected chi connectivity index (χ1v) is 23.4. The summed E-state index contributed by atoms with van der Waals surface area (Å²) in [6, 6.07) is 21.7. The number of halogens is 4. The minimum atomic E-state index is -3.19. The van der Waals surface area contributed by atoms with Crippen molar-refractivity contribution in [2.45, 2.75) is 62.8 Å². The smallest absolute Gasteiger partial charge is 0.328 e. The van der Waals surface area contributed by atoms with Gasteiger partial charge in [0.2, 0.25) is 10.0 Å². The Morgan fingerprint density at radius 1 is 0.683 bits per heavy atom. The molecule has 0 aliphatic carbocycles. The Labute approximate surface area is 386 Å². The van der Waals surface area contributed by atoms with Crippen molar-refractivity contribution in [2.24, 2.45) is 0 Å². The maximum absolute atomic E-state index is 12.7.